The number of hydrogen-bond donors (Lipinski definition) is 2. The Morgan fingerprint density at radius 1 is 1.47 bits per heavy atom. The molecule has 0 aliphatic heterocycles. The summed E-state index contributed by atoms with van der Waals surface area (Å²) in [6, 6.07) is 0.607. The van der Waals surface area contributed by atoms with Gasteiger partial charge in [0.1, 0.15) is 0 Å². The molecular formula is C12H25NO2. The molecule has 1 saturated carbocycles. The van der Waals surface area contributed by atoms with Gasteiger partial charge in [-0.25, -0.2) is 0 Å². The molecule has 1 unspecified atom stereocenters. The number of ether oxygens (including phenoxy) is 1. The minimum Gasteiger partial charge on any atom is -0.394 e. The molecule has 0 saturated heterocycles. The third-order valence-corrected chi connectivity index (χ3v) is 2.74. The zero-order chi connectivity index (χ0) is 11.3. The summed E-state index contributed by atoms with van der Waals surface area (Å²) in [5, 5.41) is 12.8. The van der Waals surface area contributed by atoms with E-state index in [4.69, 9.17) is 4.74 Å². The number of hydrogen-bond acceptors (Lipinski definition) is 3. The van der Waals surface area contributed by atoms with Gasteiger partial charge in [-0.3, -0.25) is 0 Å². The summed E-state index contributed by atoms with van der Waals surface area (Å²) >= 11 is 0. The molecule has 0 bridgehead atoms. The molecule has 1 fully saturated rings. The van der Waals surface area contributed by atoms with Gasteiger partial charge in [-0.15, -0.1) is 0 Å². The van der Waals surface area contributed by atoms with Crippen LogP contribution in [-0.2, 0) is 4.74 Å². The maximum atomic E-state index is 9.33. The Bertz CT molecular complexity index is 180. The van der Waals surface area contributed by atoms with Gasteiger partial charge >= 0.3 is 0 Å². The Hall–Kier alpha value is -0.120. The third-order valence-electron chi connectivity index (χ3n) is 2.74. The van der Waals surface area contributed by atoms with Gasteiger partial charge in [0.2, 0.25) is 0 Å². The first-order chi connectivity index (χ1) is 7.06. The molecule has 1 atom stereocenters. The Kier molecular flexibility index (Phi) is 5.03. The molecule has 0 aromatic heterocycles. The van der Waals surface area contributed by atoms with Gasteiger partial charge in [0.25, 0.3) is 0 Å². The molecule has 0 aromatic rings. The van der Waals surface area contributed by atoms with Gasteiger partial charge in [-0.1, -0.05) is 13.8 Å². The summed E-state index contributed by atoms with van der Waals surface area (Å²) in [6.45, 7) is 7.95. The fraction of sp³-hybridized carbons (Fsp3) is 1.00. The lowest BCUT2D eigenvalue weighted by atomic mass is 10.1. The monoisotopic (exact) mass is 215 g/mol. The van der Waals surface area contributed by atoms with Gasteiger partial charge in [0.05, 0.1) is 18.8 Å². The molecule has 0 radical (unpaired) electrons. The molecule has 0 spiro atoms. The van der Waals surface area contributed by atoms with Crippen molar-refractivity contribution in [2.24, 2.45) is 5.92 Å². The fourth-order valence-corrected chi connectivity index (χ4v) is 1.47. The highest BCUT2D eigenvalue weighted by Gasteiger charge is 2.32. The summed E-state index contributed by atoms with van der Waals surface area (Å²) in [6.07, 6.45) is 3.56. The fourth-order valence-electron chi connectivity index (χ4n) is 1.47. The quantitative estimate of drug-likeness (QED) is 0.604. The minimum atomic E-state index is -0.252. The normalized spacial score (nSPS) is 20.6. The average Bonchev–Trinajstić information content (AvgIpc) is 2.96. The molecule has 15 heavy (non-hydrogen) atoms. The third kappa shape index (κ3) is 5.50. The lowest BCUT2D eigenvalue weighted by molar-refractivity contribution is 0.0390. The van der Waals surface area contributed by atoms with Crippen molar-refractivity contribution in [3.63, 3.8) is 0 Å². The Morgan fingerprint density at radius 3 is 2.60 bits per heavy atom. The van der Waals surface area contributed by atoms with E-state index < -0.39 is 0 Å². The van der Waals surface area contributed by atoms with Crippen molar-refractivity contribution in [2.45, 2.75) is 51.6 Å². The van der Waals surface area contributed by atoms with Crippen LogP contribution in [0.1, 0.15) is 40.0 Å². The Balaban J connectivity index is 2.13. The van der Waals surface area contributed by atoms with Gasteiger partial charge < -0.3 is 15.2 Å². The van der Waals surface area contributed by atoms with Crippen molar-refractivity contribution in [1.29, 1.82) is 0 Å². The van der Waals surface area contributed by atoms with Crippen molar-refractivity contribution in [1.82, 2.24) is 5.32 Å². The van der Waals surface area contributed by atoms with Crippen LogP contribution < -0.4 is 5.32 Å². The van der Waals surface area contributed by atoms with Crippen LogP contribution in [0, 0.1) is 5.92 Å². The standard InChI is InChI=1S/C12H25NO2/c1-10(2)6-7-15-9-12(3,8-14)13-11-4-5-11/h10-11,13-14H,4-9H2,1-3H3. The summed E-state index contributed by atoms with van der Waals surface area (Å²) in [5.74, 6) is 0.682. The molecule has 1 aliphatic rings. The van der Waals surface area contributed by atoms with E-state index in [-0.39, 0.29) is 12.1 Å². The summed E-state index contributed by atoms with van der Waals surface area (Å²) in [7, 11) is 0. The first-order valence-corrected chi connectivity index (χ1v) is 6.02. The topological polar surface area (TPSA) is 41.5 Å². The second-order valence-corrected chi connectivity index (χ2v) is 5.37. The number of rotatable bonds is 8. The maximum absolute atomic E-state index is 9.33. The van der Waals surface area contributed by atoms with Crippen LogP contribution in [0.2, 0.25) is 0 Å². The van der Waals surface area contributed by atoms with Crippen LogP contribution in [0.4, 0.5) is 0 Å². The van der Waals surface area contributed by atoms with Gasteiger partial charge in [-0.2, -0.15) is 0 Å². The van der Waals surface area contributed by atoms with E-state index in [9.17, 15) is 5.11 Å². The van der Waals surface area contributed by atoms with E-state index in [1.54, 1.807) is 0 Å². The van der Waals surface area contributed by atoms with Crippen LogP contribution in [0.3, 0.4) is 0 Å². The molecule has 0 amide bonds. The highest BCUT2D eigenvalue weighted by atomic mass is 16.5. The van der Waals surface area contributed by atoms with Crippen molar-refractivity contribution in [3.05, 3.63) is 0 Å². The maximum Gasteiger partial charge on any atom is 0.0668 e. The smallest absolute Gasteiger partial charge is 0.0668 e. The van der Waals surface area contributed by atoms with Gasteiger partial charge in [0.15, 0.2) is 0 Å². The zero-order valence-corrected chi connectivity index (χ0v) is 10.3. The second-order valence-electron chi connectivity index (χ2n) is 5.37. The predicted molar refractivity (Wildman–Crippen MR) is 61.9 cm³/mol. The highest BCUT2D eigenvalue weighted by Crippen LogP contribution is 2.22. The molecule has 2 N–H and O–H groups in total. The van der Waals surface area contributed by atoms with Crippen molar-refractivity contribution in [2.75, 3.05) is 19.8 Å². The summed E-state index contributed by atoms with van der Waals surface area (Å²) < 4.78 is 5.61. The molecule has 90 valence electrons. The van der Waals surface area contributed by atoms with E-state index in [1.165, 1.54) is 12.8 Å². The van der Waals surface area contributed by atoms with Crippen molar-refractivity contribution < 1.29 is 9.84 Å². The van der Waals surface area contributed by atoms with Gasteiger partial charge in [0, 0.05) is 12.6 Å². The molecular weight excluding hydrogens is 190 g/mol. The second kappa shape index (κ2) is 5.83. The largest absolute Gasteiger partial charge is 0.394 e. The van der Waals surface area contributed by atoms with Crippen molar-refractivity contribution in [3.8, 4) is 0 Å². The predicted octanol–water partition coefficient (Wildman–Crippen LogP) is 1.55. The molecule has 3 nitrogen and oxygen atoms in total. The molecule has 0 heterocycles. The summed E-state index contributed by atoms with van der Waals surface area (Å²) in [5.41, 5.74) is -0.252. The number of nitrogens with one attached hydrogen (secondary N) is 1. The summed E-state index contributed by atoms with van der Waals surface area (Å²) in [4.78, 5) is 0. The SMILES string of the molecule is CC(C)CCOCC(C)(CO)NC1CC1. The van der Waals surface area contributed by atoms with Crippen LogP contribution in [-0.4, -0.2) is 36.5 Å². The Morgan fingerprint density at radius 2 is 2.13 bits per heavy atom. The van der Waals surface area contributed by atoms with Crippen LogP contribution >= 0.6 is 0 Å². The van der Waals surface area contributed by atoms with E-state index in [1.807, 2.05) is 6.92 Å². The van der Waals surface area contributed by atoms with E-state index in [0.29, 0.717) is 18.6 Å². The minimum absolute atomic E-state index is 0.144. The van der Waals surface area contributed by atoms with Gasteiger partial charge in [-0.05, 0) is 32.1 Å². The van der Waals surface area contributed by atoms with Crippen LogP contribution in [0.15, 0.2) is 0 Å². The first-order valence-electron chi connectivity index (χ1n) is 6.02. The van der Waals surface area contributed by atoms with Crippen LogP contribution in [0.25, 0.3) is 0 Å². The average molecular weight is 215 g/mol. The van der Waals surface area contributed by atoms with Crippen LogP contribution in [0.5, 0.6) is 0 Å². The number of aliphatic hydroxyl groups excluding tert-OH is 1. The molecule has 1 rings (SSSR count). The molecule has 3 heteroatoms. The van der Waals surface area contributed by atoms with E-state index in [2.05, 4.69) is 19.2 Å². The number of aliphatic hydroxyl groups is 1. The lowest BCUT2D eigenvalue weighted by Crippen LogP contribution is -2.50. The molecule has 1 aliphatic carbocycles. The highest BCUT2D eigenvalue weighted by molar-refractivity contribution is 4.92. The lowest BCUT2D eigenvalue weighted by Gasteiger charge is -2.28. The Labute approximate surface area is 93.2 Å². The van der Waals surface area contributed by atoms with E-state index in [0.717, 1.165) is 13.0 Å². The van der Waals surface area contributed by atoms with E-state index >= 15 is 0 Å². The zero-order valence-electron chi connectivity index (χ0n) is 10.3. The molecule has 0 aromatic carbocycles. The first kappa shape index (κ1) is 12.9. The van der Waals surface area contributed by atoms with Crippen molar-refractivity contribution >= 4 is 0 Å².